The Kier molecular flexibility index (Phi) is 2.90. The lowest BCUT2D eigenvalue weighted by atomic mass is 10.2. The van der Waals surface area contributed by atoms with E-state index < -0.39 is 15.8 Å². The van der Waals surface area contributed by atoms with Crippen LogP contribution in [0.4, 0.5) is 10.1 Å². The number of hydrogen-bond donors (Lipinski definition) is 2. The second-order valence-corrected chi connectivity index (χ2v) is 7.22. The molecule has 1 aliphatic rings. The molecule has 0 aliphatic heterocycles. The highest BCUT2D eigenvalue weighted by Crippen LogP contribution is 2.45. The number of nitrogens with one attached hydrogen (secondary N) is 1. The summed E-state index contributed by atoms with van der Waals surface area (Å²) in [6, 6.07) is 2.39. The van der Waals surface area contributed by atoms with Gasteiger partial charge in [0.25, 0.3) is 0 Å². The van der Waals surface area contributed by atoms with Crippen LogP contribution in [0, 0.1) is 18.2 Å². The Bertz CT molecular complexity index is 573. The predicted molar refractivity (Wildman–Crippen MR) is 68.1 cm³/mol. The molecule has 1 aliphatic carbocycles. The van der Waals surface area contributed by atoms with Crippen LogP contribution < -0.4 is 10.5 Å². The van der Waals surface area contributed by atoms with Crippen molar-refractivity contribution in [1.29, 1.82) is 0 Å². The van der Waals surface area contributed by atoms with E-state index in [1.807, 2.05) is 13.8 Å². The lowest BCUT2D eigenvalue weighted by Gasteiger charge is -2.10. The van der Waals surface area contributed by atoms with Gasteiger partial charge in [-0.25, -0.2) is 17.5 Å². The van der Waals surface area contributed by atoms with Crippen molar-refractivity contribution < 1.29 is 12.8 Å². The Balaban J connectivity index is 2.31. The minimum atomic E-state index is -3.63. The van der Waals surface area contributed by atoms with Crippen LogP contribution in [0.15, 0.2) is 17.0 Å². The molecule has 1 atom stereocenters. The maximum Gasteiger partial charge on any atom is 0.240 e. The number of aryl methyl sites for hydroxylation is 1. The molecule has 2 rings (SSSR count). The van der Waals surface area contributed by atoms with E-state index in [4.69, 9.17) is 5.73 Å². The molecule has 3 N–H and O–H groups in total. The molecule has 0 aromatic heterocycles. The molecule has 0 saturated heterocycles. The molecule has 1 saturated carbocycles. The first-order valence-electron chi connectivity index (χ1n) is 5.71. The first kappa shape index (κ1) is 13.3. The van der Waals surface area contributed by atoms with Gasteiger partial charge in [0.05, 0.1) is 10.6 Å². The summed E-state index contributed by atoms with van der Waals surface area (Å²) in [6.45, 7) is 5.47. The van der Waals surface area contributed by atoms with E-state index in [0.29, 0.717) is 0 Å². The van der Waals surface area contributed by atoms with Crippen molar-refractivity contribution in [3.05, 3.63) is 23.5 Å². The molecule has 1 fully saturated rings. The van der Waals surface area contributed by atoms with Crippen LogP contribution >= 0.6 is 0 Å². The van der Waals surface area contributed by atoms with Crippen LogP contribution in [0.2, 0.25) is 0 Å². The maximum atomic E-state index is 13.4. The zero-order valence-electron chi connectivity index (χ0n) is 10.6. The average molecular weight is 272 g/mol. The molecule has 1 unspecified atom stereocenters. The number of nitrogens with two attached hydrogens (primary N) is 1. The van der Waals surface area contributed by atoms with Crippen molar-refractivity contribution in [3.63, 3.8) is 0 Å². The topological polar surface area (TPSA) is 72.2 Å². The summed E-state index contributed by atoms with van der Waals surface area (Å²) in [5.41, 5.74) is 5.52. The number of anilines is 1. The third-order valence-corrected chi connectivity index (χ3v) is 4.83. The molecule has 1 aromatic rings. The van der Waals surface area contributed by atoms with Crippen LogP contribution in [-0.4, -0.2) is 14.5 Å². The third-order valence-electron chi connectivity index (χ3n) is 3.38. The largest absolute Gasteiger partial charge is 0.396 e. The first-order valence-corrected chi connectivity index (χ1v) is 7.20. The molecule has 0 amide bonds. The number of benzene rings is 1. The minimum absolute atomic E-state index is 0.00626. The van der Waals surface area contributed by atoms with Crippen molar-refractivity contribution in [2.75, 3.05) is 5.73 Å². The van der Waals surface area contributed by atoms with E-state index in [1.54, 1.807) is 0 Å². The van der Waals surface area contributed by atoms with Gasteiger partial charge in [0.1, 0.15) is 5.82 Å². The SMILES string of the molecule is Cc1cc(S(=O)(=O)NC2CC2(C)C)cc(N)c1F. The van der Waals surface area contributed by atoms with Crippen LogP contribution in [0.3, 0.4) is 0 Å². The van der Waals surface area contributed by atoms with Gasteiger partial charge in [-0.2, -0.15) is 0 Å². The standard InChI is InChI=1S/C12H17FN2O2S/c1-7-4-8(5-9(14)11(7)13)18(16,17)15-10-6-12(10,2)3/h4-5,10,15H,6,14H2,1-3H3. The van der Waals surface area contributed by atoms with E-state index >= 15 is 0 Å². The normalized spacial score (nSPS) is 21.9. The van der Waals surface area contributed by atoms with Crippen LogP contribution in [0.25, 0.3) is 0 Å². The molecular formula is C12H17FN2O2S. The van der Waals surface area contributed by atoms with E-state index in [1.165, 1.54) is 13.0 Å². The number of rotatable bonds is 3. The Morgan fingerprint density at radius 3 is 2.44 bits per heavy atom. The van der Waals surface area contributed by atoms with Gasteiger partial charge in [0.2, 0.25) is 10.0 Å². The van der Waals surface area contributed by atoms with Crippen molar-refractivity contribution >= 4 is 15.7 Å². The summed E-state index contributed by atoms with van der Waals surface area (Å²) >= 11 is 0. The highest BCUT2D eigenvalue weighted by atomic mass is 32.2. The van der Waals surface area contributed by atoms with Gasteiger partial charge in [-0.1, -0.05) is 13.8 Å². The van der Waals surface area contributed by atoms with Crippen molar-refractivity contribution in [2.45, 2.75) is 38.1 Å². The smallest absolute Gasteiger partial charge is 0.240 e. The summed E-state index contributed by atoms with van der Waals surface area (Å²) in [5, 5.41) is 0. The second kappa shape index (κ2) is 3.93. The zero-order chi connectivity index (χ0) is 13.7. The lowest BCUT2D eigenvalue weighted by molar-refractivity contribution is 0.554. The van der Waals surface area contributed by atoms with Crippen LogP contribution in [0.1, 0.15) is 25.8 Å². The van der Waals surface area contributed by atoms with Gasteiger partial charge in [0, 0.05) is 6.04 Å². The summed E-state index contributed by atoms with van der Waals surface area (Å²) < 4.78 is 40.2. The van der Waals surface area contributed by atoms with Crippen molar-refractivity contribution in [1.82, 2.24) is 4.72 Å². The molecule has 0 bridgehead atoms. The first-order chi connectivity index (χ1) is 8.13. The fourth-order valence-electron chi connectivity index (χ4n) is 1.84. The highest BCUT2D eigenvalue weighted by Gasteiger charge is 2.47. The number of halogens is 1. The van der Waals surface area contributed by atoms with Gasteiger partial charge in [-0.3, -0.25) is 0 Å². The number of nitrogen functional groups attached to an aromatic ring is 1. The van der Waals surface area contributed by atoms with Gasteiger partial charge >= 0.3 is 0 Å². The Hall–Kier alpha value is -1.14. The molecule has 4 nitrogen and oxygen atoms in total. The van der Waals surface area contributed by atoms with Gasteiger partial charge < -0.3 is 5.73 Å². The summed E-state index contributed by atoms with van der Waals surface area (Å²) in [6.07, 6.45) is 0.807. The molecule has 0 heterocycles. The van der Waals surface area contributed by atoms with E-state index in [9.17, 15) is 12.8 Å². The fraction of sp³-hybridized carbons (Fsp3) is 0.500. The molecule has 0 radical (unpaired) electrons. The van der Waals surface area contributed by atoms with E-state index in [-0.39, 0.29) is 27.6 Å². The Labute approximate surface area is 106 Å². The number of hydrogen-bond acceptors (Lipinski definition) is 3. The quantitative estimate of drug-likeness (QED) is 0.824. The second-order valence-electron chi connectivity index (χ2n) is 5.51. The van der Waals surface area contributed by atoms with E-state index in [2.05, 4.69) is 4.72 Å². The summed E-state index contributed by atoms with van der Waals surface area (Å²) in [4.78, 5) is 0.0154. The van der Waals surface area contributed by atoms with Crippen LogP contribution in [0.5, 0.6) is 0 Å². The summed E-state index contributed by atoms with van der Waals surface area (Å²) in [7, 11) is -3.63. The molecule has 1 aromatic carbocycles. The van der Waals surface area contributed by atoms with Crippen LogP contribution in [-0.2, 0) is 10.0 Å². The average Bonchev–Trinajstić information content (AvgIpc) is 2.80. The predicted octanol–water partition coefficient (Wildman–Crippen LogP) is 1.79. The maximum absolute atomic E-state index is 13.4. The molecule has 18 heavy (non-hydrogen) atoms. The van der Waals surface area contributed by atoms with E-state index in [0.717, 1.165) is 12.5 Å². The lowest BCUT2D eigenvalue weighted by Crippen LogP contribution is -2.28. The number of sulfonamides is 1. The Morgan fingerprint density at radius 2 is 2.00 bits per heavy atom. The molecule has 100 valence electrons. The van der Waals surface area contributed by atoms with Gasteiger partial charge in [0.15, 0.2) is 0 Å². The van der Waals surface area contributed by atoms with Crippen molar-refractivity contribution in [3.8, 4) is 0 Å². The van der Waals surface area contributed by atoms with Gasteiger partial charge in [-0.05, 0) is 36.5 Å². The minimum Gasteiger partial charge on any atom is -0.396 e. The fourth-order valence-corrected chi connectivity index (χ4v) is 3.37. The molecular weight excluding hydrogens is 255 g/mol. The highest BCUT2D eigenvalue weighted by molar-refractivity contribution is 7.89. The summed E-state index contributed by atoms with van der Waals surface area (Å²) in [5.74, 6) is -0.569. The van der Waals surface area contributed by atoms with Crippen molar-refractivity contribution in [2.24, 2.45) is 5.41 Å². The third kappa shape index (κ3) is 2.35. The zero-order valence-corrected chi connectivity index (χ0v) is 11.4. The monoisotopic (exact) mass is 272 g/mol. The van der Waals surface area contributed by atoms with Gasteiger partial charge in [-0.15, -0.1) is 0 Å². The Morgan fingerprint density at radius 1 is 1.44 bits per heavy atom. The molecule has 6 heteroatoms. The molecule has 0 spiro atoms.